The molecule has 1 N–H and O–H groups in total. The number of amides is 2. The number of rotatable bonds is 8. The van der Waals surface area contributed by atoms with Gasteiger partial charge in [-0.25, -0.2) is 9.59 Å². The highest BCUT2D eigenvalue weighted by molar-refractivity contribution is 5.98. The number of carbonyl (C=O) groups excluding carboxylic acids is 2. The van der Waals surface area contributed by atoms with E-state index < -0.39 is 12.1 Å². The van der Waals surface area contributed by atoms with Crippen LogP contribution < -0.4 is 9.30 Å². The molecule has 0 spiro atoms. The van der Waals surface area contributed by atoms with E-state index in [4.69, 9.17) is 9.84 Å². The van der Waals surface area contributed by atoms with E-state index in [2.05, 4.69) is 6.92 Å². The quantitative estimate of drug-likeness (QED) is 0.558. The van der Waals surface area contributed by atoms with Crippen molar-refractivity contribution in [2.24, 2.45) is 0 Å². The first-order chi connectivity index (χ1) is 12.2. The van der Waals surface area contributed by atoms with Gasteiger partial charge in [-0.3, -0.25) is 4.79 Å². The number of hydrogen-bond donors (Lipinski definition) is 1. The molecule has 0 aliphatic rings. The monoisotopic (exact) mass is 366 g/mol. The molecule has 1 aromatic rings. The van der Waals surface area contributed by atoms with Crippen molar-refractivity contribution in [3.05, 3.63) is 23.5 Å². The Kier molecular flexibility index (Phi) is 8.02. The largest absolute Gasteiger partial charge is 0.477 e. The fourth-order valence-electron chi connectivity index (χ4n) is 2.42. The van der Waals surface area contributed by atoms with Crippen LogP contribution in [0.4, 0.5) is 4.79 Å². The van der Waals surface area contributed by atoms with Crippen molar-refractivity contribution in [1.29, 1.82) is 0 Å². The molecule has 26 heavy (non-hydrogen) atoms. The van der Waals surface area contributed by atoms with E-state index in [1.807, 2.05) is 0 Å². The number of unbranched alkanes of at least 4 members (excludes halogenated alkanes) is 2. The lowest BCUT2D eigenvalue weighted by molar-refractivity contribution is -0.691. The smallest absolute Gasteiger partial charge is 0.414 e. The van der Waals surface area contributed by atoms with E-state index in [-0.39, 0.29) is 23.8 Å². The number of pyridine rings is 1. The van der Waals surface area contributed by atoms with Crippen LogP contribution >= 0.6 is 0 Å². The van der Waals surface area contributed by atoms with Gasteiger partial charge in [0, 0.05) is 40.7 Å². The first-order valence-electron chi connectivity index (χ1n) is 8.58. The second kappa shape index (κ2) is 9.74. The number of aromatic nitrogens is 1. The number of nitrogens with zero attached hydrogens (tertiary/aromatic N) is 3. The summed E-state index contributed by atoms with van der Waals surface area (Å²) in [5.74, 6) is -1.27. The fourth-order valence-corrected chi connectivity index (χ4v) is 2.42. The first-order valence-corrected chi connectivity index (χ1v) is 8.58. The molecule has 0 saturated carbocycles. The average Bonchev–Trinajstić information content (AvgIpc) is 2.56. The summed E-state index contributed by atoms with van der Waals surface area (Å²) in [5, 5.41) is 9.01. The molecule has 0 aliphatic carbocycles. The molecule has 8 heteroatoms. The highest BCUT2D eigenvalue weighted by Crippen LogP contribution is 2.22. The van der Waals surface area contributed by atoms with Crippen LogP contribution in [0.5, 0.6) is 5.75 Å². The summed E-state index contributed by atoms with van der Waals surface area (Å²) in [7, 11) is 4.81. The zero-order valence-corrected chi connectivity index (χ0v) is 16.1. The van der Waals surface area contributed by atoms with Gasteiger partial charge in [0.25, 0.3) is 5.91 Å². The highest BCUT2D eigenvalue weighted by atomic mass is 16.6. The van der Waals surface area contributed by atoms with E-state index in [0.717, 1.165) is 19.3 Å². The Morgan fingerprint density at radius 1 is 1.19 bits per heavy atom. The zero-order chi connectivity index (χ0) is 19.9. The molecule has 1 aromatic heterocycles. The lowest BCUT2D eigenvalue weighted by Gasteiger charge is -2.19. The normalized spacial score (nSPS) is 10.3. The minimum Gasteiger partial charge on any atom is -0.477 e. The Labute approximate surface area is 154 Å². The van der Waals surface area contributed by atoms with Gasteiger partial charge in [0.2, 0.25) is 6.54 Å². The van der Waals surface area contributed by atoms with Crippen molar-refractivity contribution in [3.8, 4) is 5.75 Å². The van der Waals surface area contributed by atoms with Gasteiger partial charge < -0.3 is 19.6 Å². The molecule has 0 bridgehead atoms. The standard InChI is InChI=1S/C18H27N3O5/c1-6-7-8-10-20(5)18(25)26-14-9-11-21(12-15(22)23)13(2)16(14)17(24)19(3)4/h9,11H,6-8,10,12H2,1-5H3/p+1. The summed E-state index contributed by atoms with van der Waals surface area (Å²) in [6.45, 7) is 3.98. The molecule has 0 atom stereocenters. The van der Waals surface area contributed by atoms with Crippen LogP contribution in [-0.4, -0.2) is 60.6 Å². The molecular formula is C18H28N3O5+. The number of aliphatic carboxylic acids is 1. The van der Waals surface area contributed by atoms with Crippen LogP contribution in [0.1, 0.15) is 42.2 Å². The van der Waals surface area contributed by atoms with Crippen LogP contribution in [0.2, 0.25) is 0 Å². The maximum Gasteiger partial charge on any atom is 0.414 e. The summed E-state index contributed by atoms with van der Waals surface area (Å²) in [6.07, 6.45) is 3.88. The van der Waals surface area contributed by atoms with Crippen molar-refractivity contribution in [1.82, 2.24) is 9.80 Å². The average molecular weight is 366 g/mol. The molecule has 0 saturated heterocycles. The third-order valence-corrected chi connectivity index (χ3v) is 3.98. The summed E-state index contributed by atoms with van der Waals surface area (Å²) in [6, 6.07) is 1.45. The third-order valence-electron chi connectivity index (χ3n) is 3.98. The Hall–Kier alpha value is -2.64. The van der Waals surface area contributed by atoms with Crippen molar-refractivity contribution in [2.45, 2.75) is 39.7 Å². The minimum absolute atomic E-state index is 0.121. The van der Waals surface area contributed by atoms with Gasteiger partial charge >= 0.3 is 12.1 Å². The van der Waals surface area contributed by atoms with Crippen molar-refractivity contribution < 1.29 is 28.8 Å². The predicted octanol–water partition coefficient (Wildman–Crippen LogP) is 1.69. The maximum absolute atomic E-state index is 12.5. The SMILES string of the molecule is CCCCCN(C)C(=O)Oc1cc[n+](CC(=O)O)c(C)c1C(=O)N(C)C. The molecule has 0 aromatic carbocycles. The Bertz CT molecular complexity index is 673. The van der Waals surface area contributed by atoms with Crippen LogP contribution in [0, 0.1) is 6.92 Å². The van der Waals surface area contributed by atoms with Crippen LogP contribution in [-0.2, 0) is 11.3 Å². The predicted molar refractivity (Wildman–Crippen MR) is 95.2 cm³/mol. The topological polar surface area (TPSA) is 91.0 Å². The molecular weight excluding hydrogens is 338 g/mol. The number of carbonyl (C=O) groups is 3. The molecule has 0 unspecified atom stereocenters. The van der Waals surface area contributed by atoms with E-state index >= 15 is 0 Å². The summed E-state index contributed by atoms with van der Waals surface area (Å²) < 4.78 is 6.86. The number of ether oxygens (including phenoxy) is 1. The third kappa shape index (κ3) is 5.72. The fraction of sp³-hybridized carbons (Fsp3) is 0.556. The number of carboxylic acid groups (broad SMARTS) is 1. The molecule has 2 amide bonds. The second-order valence-corrected chi connectivity index (χ2v) is 6.36. The second-order valence-electron chi connectivity index (χ2n) is 6.36. The lowest BCUT2D eigenvalue weighted by Crippen LogP contribution is -2.43. The van der Waals surface area contributed by atoms with Crippen LogP contribution in [0.15, 0.2) is 12.3 Å². The highest BCUT2D eigenvalue weighted by Gasteiger charge is 2.28. The molecule has 0 aliphatic heterocycles. The van der Waals surface area contributed by atoms with Crippen LogP contribution in [0.3, 0.4) is 0 Å². The van der Waals surface area contributed by atoms with Gasteiger partial charge in [-0.2, -0.15) is 4.57 Å². The summed E-state index contributed by atoms with van der Waals surface area (Å²) in [5.41, 5.74) is 0.596. The van der Waals surface area contributed by atoms with Gasteiger partial charge in [-0.05, 0) is 6.42 Å². The molecule has 0 radical (unpaired) electrons. The number of hydrogen-bond acceptors (Lipinski definition) is 4. The van der Waals surface area contributed by atoms with E-state index in [1.165, 1.54) is 26.6 Å². The molecule has 144 valence electrons. The first kappa shape index (κ1) is 21.4. The molecule has 1 heterocycles. The van der Waals surface area contributed by atoms with Crippen molar-refractivity contribution in [3.63, 3.8) is 0 Å². The minimum atomic E-state index is -1.03. The summed E-state index contributed by atoms with van der Waals surface area (Å²) in [4.78, 5) is 38.7. The van der Waals surface area contributed by atoms with Gasteiger partial charge in [-0.15, -0.1) is 0 Å². The molecule has 8 nitrogen and oxygen atoms in total. The Balaban J connectivity index is 3.13. The molecule has 0 fully saturated rings. The van der Waals surface area contributed by atoms with Gasteiger partial charge in [-0.1, -0.05) is 19.8 Å². The zero-order valence-electron chi connectivity index (χ0n) is 16.1. The Morgan fingerprint density at radius 2 is 1.85 bits per heavy atom. The van der Waals surface area contributed by atoms with Gasteiger partial charge in [0.05, 0.1) is 0 Å². The Morgan fingerprint density at radius 3 is 2.38 bits per heavy atom. The van der Waals surface area contributed by atoms with Crippen LogP contribution in [0.25, 0.3) is 0 Å². The summed E-state index contributed by atoms with van der Waals surface area (Å²) >= 11 is 0. The lowest BCUT2D eigenvalue weighted by atomic mass is 10.1. The van der Waals surface area contributed by atoms with E-state index in [0.29, 0.717) is 12.2 Å². The van der Waals surface area contributed by atoms with Crippen molar-refractivity contribution >= 4 is 18.0 Å². The molecule has 1 rings (SSSR count). The van der Waals surface area contributed by atoms with Crippen molar-refractivity contribution in [2.75, 3.05) is 27.7 Å². The van der Waals surface area contributed by atoms with E-state index in [1.54, 1.807) is 28.1 Å². The number of carboxylic acids is 1. The van der Waals surface area contributed by atoms with Gasteiger partial charge in [0.1, 0.15) is 5.56 Å². The van der Waals surface area contributed by atoms with E-state index in [9.17, 15) is 14.4 Å². The van der Waals surface area contributed by atoms with Gasteiger partial charge in [0.15, 0.2) is 17.6 Å². The maximum atomic E-state index is 12.5.